The first-order valence-electron chi connectivity index (χ1n) is 8.87. The minimum atomic E-state index is -0.286. The summed E-state index contributed by atoms with van der Waals surface area (Å²) >= 11 is 0. The van der Waals surface area contributed by atoms with Gasteiger partial charge in [0, 0.05) is 6.54 Å². The molecule has 2 rings (SSSR count). The second-order valence-corrected chi connectivity index (χ2v) is 6.60. The minimum Gasteiger partial charge on any atom is -0.282 e. The zero-order chi connectivity index (χ0) is 15.9. The Bertz CT molecular complexity index is 452. The number of fused-ring (bicyclic) bond motifs is 1. The number of carbonyl (C=O) groups excluding carboxylic acids is 2. The fourth-order valence-corrected chi connectivity index (χ4v) is 3.54. The van der Waals surface area contributed by atoms with Crippen molar-refractivity contribution in [1.82, 2.24) is 4.90 Å². The molecule has 22 heavy (non-hydrogen) atoms. The van der Waals surface area contributed by atoms with Gasteiger partial charge in [0.25, 0.3) is 0 Å². The van der Waals surface area contributed by atoms with Crippen LogP contribution in [0, 0.1) is 11.8 Å². The number of carbonyl (C=O) groups is 2. The Balaban J connectivity index is 1.69. The van der Waals surface area contributed by atoms with Crippen LogP contribution < -0.4 is 0 Å². The van der Waals surface area contributed by atoms with Crippen molar-refractivity contribution in [2.24, 2.45) is 11.8 Å². The van der Waals surface area contributed by atoms with Gasteiger partial charge in [-0.25, -0.2) is 0 Å². The molecule has 0 radical (unpaired) electrons. The van der Waals surface area contributed by atoms with Crippen LogP contribution in [0.1, 0.15) is 64.7 Å². The zero-order valence-corrected chi connectivity index (χ0v) is 13.9. The van der Waals surface area contributed by atoms with Gasteiger partial charge in [-0.1, -0.05) is 70.6 Å². The molecule has 0 saturated carbocycles. The van der Waals surface area contributed by atoms with Crippen molar-refractivity contribution in [2.75, 3.05) is 6.54 Å². The van der Waals surface area contributed by atoms with Gasteiger partial charge in [-0.2, -0.15) is 0 Å². The molecule has 0 aromatic heterocycles. The molecule has 2 aliphatic rings. The Kier molecular flexibility index (Phi) is 6.41. The molecule has 122 valence electrons. The van der Waals surface area contributed by atoms with E-state index in [-0.39, 0.29) is 23.7 Å². The summed E-state index contributed by atoms with van der Waals surface area (Å²) in [6, 6.07) is 0. The number of amides is 2. The van der Waals surface area contributed by atoms with Crippen molar-refractivity contribution in [3.8, 4) is 0 Å². The van der Waals surface area contributed by atoms with Crippen LogP contribution in [-0.2, 0) is 9.59 Å². The van der Waals surface area contributed by atoms with E-state index in [9.17, 15) is 9.59 Å². The first kappa shape index (κ1) is 17.0. The quantitative estimate of drug-likeness (QED) is 0.472. The highest BCUT2D eigenvalue weighted by Crippen LogP contribution is 2.37. The van der Waals surface area contributed by atoms with E-state index in [0.29, 0.717) is 13.0 Å². The Morgan fingerprint density at radius 3 is 2.32 bits per heavy atom. The second-order valence-electron chi connectivity index (χ2n) is 6.60. The van der Waals surface area contributed by atoms with E-state index in [2.05, 4.69) is 13.5 Å². The average Bonchev–Trinajstić information content (AvgIpc) is 2.75. The lowest BCUT2D eigenvalue weighted by atomic mass is 9.82. The predicted octanol–water partition coefficient (Wildman–Crippen LogP) is 4.24. The molecule has 1 aliphatic heterocycles. The Morgan fingerprint density at radius 1 is 1.05 bits per heavy atom. The maximum Gasteiger partial charge on any atom is 0.237 e. The predicted molar refractivity (Wildman–Crippen MR) is 89.2 cm³/mol. The Morgan fingerprint density at radius 2 is 1.68 bits per heavy atom. The minimum absolute atomic E-state index is 0.0171. The van der Waals surface area contributed by atoms with Crippen LogP contribution in [0.3, 0.4) is 0 Å². The second kappa shape index (κ2) is 8.30. The lowest BCUT2D eigenvalue weighted by Gasteiger charge is -2.17. The topological polar surface area (TPSA) is 37.4 Å². The van der Waals surface area contributed by atoms with Crippen LogP contribution >= 0.6 is 0 Å². The van der Waals surface area contributed by atoms with E-state index in [1.54, 1.807) is 0 Å². The van der Waals surface area contributed by atoms with Crippen molar-refractivity contribution >= 4 is 11.8 Å². The molecule has 0 bridgehead atoms. The number of nitrogens with zero attached hydrogens (tertiary/aromatic N) is 1. The number of rotatable bonds is 9. The first-order chi connectivity index (χ1) is 10.7. The van der Waals surface area contributed by atoms with E-state index in [1.807, 2.05) is 12.2 Å². The van der Waals surface area contributed by atoms with E-state index < -0.39 is 0 Å². The third kappa shape index (κ3) is 3.88. The summed E-state index contributed by atoms with van der Waals surface area (Å²) < 4.78 is 0. The maximum absolute atomic E-state index is 12.4. The van der Waals surface area contributed by atoms with E-state index >= 15 is 0 Å². The molecule has 1 fully saturated rings. The number of imide groups is 1. The summed E-state index contributed by atoms with van der Waals surface area (Å²) in [4.78, 5) is 26.3. The summed E-state index contributed by atoms with van der Waals surface area (Å²) in [6.07, 6.45) is 14.3. The number of unbranched alkanes of at least 4 members (excludes halogenated alkanes) is 7. The van der Waals surface area contributed by atoms with E-state index in [1.165, 1.54) is 43.4 Å². The van der Waals surface area contributed by atoms with Gasteiger partial charge in [0.1, 0.15) is 0 Å². The molecule has 2 unspecified atom stereocenters. The number of hydrogen-bond acceptors (Lipinski definition) is 2. The zero-order valence-electron chi connectivity index (χ0n) is 13.9. The van der Waals surface area contributed by atoms with Gasteiger partial charge in [-0.3, -0.25) is 14.5 Å². The molecule has 2 amide bonds. The van der Waals surface area contributed by atoms with Gasteiger partial charge in [-0.05, 0) is 18.4 Å². The summed E-state index contributed by atoms with van der Waals surface area (Å²) in [6.45, 7) is 6.75. The molecular formula is C19H29NO2. The lowest BCUT2D eigenvalue weighted by Crippen LogP contribution is -2.32. The fraction of sp³-hybridized carbons (Fsp3) is 0.684. The SMILES string of the molecule is C=C1C=CCC2C(=O)N(CCCCCCCCCC)C(=O)C12. The maximum atomic E-state index is 12.4. The first-order valence-corrected chi connectivity index (χ1v) is 8.87. The van der Waals surface area contributed by atoms with Gasteiger partial charge < -0.3 is 0 Å². The van der Waals surface area contributed by atoms with Crippen molar-refractivity contribution in [3.63, 3.8) is 0 Å². The van der Waals surface area contributed by atoms with Gasteiger partial charge in [0.15, 0.2) is 0 Å². The van der Waals surface area contributed by atoms with E-state index in [4.69, 9.17) is 0 Å². The molecule has 2 atom stereocenters. The third-order valence-corrected chi connectivity index (χ3v) is 4.87. The highest BCUT2D eigenvalue weighted by atomic mass is 16.2. The van der Waals surface area contributed by atoms with Crippen LogP contribution in [0.15, 0.2) is 24.3 Å². The highest BCUT2D eigenvalue weighted by Gasteiger charge is 2.48. The van der Waals surface area contributed by atoms with E-state index in [0.717, 1.165) is 18.4 Å². The number of hydrogen-bond donors (Lipinski definition) is 0. The summed E-state index contributed by atoms with van der Waals surface area (Å²) in [5.41, 5.74) is 0.799. The van der Waals surface area contributed by atoms with Crippen molar-refractivity contribution < 1.29 is 9.59 Å². The monoisotopic (exact) mass is 303 g/mol. The van der Waals surface area contributed by atoms with Crippen molar-refractivity contribution in [3.05, 3.63) is 24.3 Å². The molecule has 1 aliphatic carbocycles. The van der Waals surface area contributed by atoms with Crippen LogP contribution in [-0.4, -0.2) is 23.3 Å². The number of allylic oxidation sites excluding steroid dienone is 2. The van der Waals surface area contributed by atoms with Gasteiger partial charge >= 0.3 is 0 Å². The lowest BCUT2D eigenvalue weighted by molar-refractivity contribution is -0.139. The molecule has 0 aromatic carbocycles. The molecule has 0 spiro atoms. The van der Waals surface area contributed by atoms with Crippen molar-refractivity contribution in [1.29, 1.82) is 0 Å². The van der Waals surface area contributed by atoms with Crippen molar-refractivity contribution in [2.45, 2.75) is 64.7 Å². The molecule has 1 heterocycles. The normalized spacial score (nSPS) is 24.2. The van der Waals surface area contributed by atoms with Crippen LogP contribution in [0.4, 0.5) is 0 Å². The molecule has 0 N–H and O–H groups in total. The number of likely N-dealkylation sites (tertiary alicyclic amines) is 1. The Hall–Kier alpha value is -1.38. The molecule has 3 nitrogen and oxygen atoms in total. The van der Waals surface area contributed by atoms with Crippen LogP contribution in [0.25, 0.3) is 0 Å². The highest BCUT2D eigenvalue weighted by molar-refractivity contribution is 6.07. The summed E-state index contributed by atoms with van der Waals surface area (Å²) in [7, 11) is 0. The van der Waals surface area contributed by atoms with Gasteiger partial charge in [0.2, 0.25) is 11.8 Å². The molecule has 0 aromatic rings. The van der Waals surface area contributed by atoms with Gasteiger partial charge in [0.05, 0.1) is 11.8 Å². The Labute approximate surface area is 134 Å². The largest absolute Gasteiger partial charge is 0.282 e. The van der Waals surface area contributed by atoms with Gasteiger partial charge in [-0.15, -0.1) is 0 Å². The molecule has 1 saturated heterocycles. The standard InChI is InChI=1S/C19H29NO2/c1-3-4-5-6-7-8-9-10-14-20-18(21)16-13-11-12-15(2)17(16)19(20)22/h11-12,16-17H,2-10,13-14H2,1H3. The fourth-order valence-electron chi connectivity index (χ4n) is 3.54. The van der Waals surface area contributed by atoms with Crippen LogP contribution in [0.5, 0.6) is 0 Å². The third-order valence-electron chi connectivity index (χ3n) is 4.87. The smallest absolute Gasteiger partial charge is 0.237 e. The average molecular weight is 303 g/mol. The molecule has 3 heteroatoms. The molecular weight excluding hydrogens is 274 g/mol. The van der Waals surface area contributed by atoms with Crippen LogP contribution in [0.2, 0.25) is 0 Å². The summed E-state index contributed by atoms with van der Waals surface area (Å²) in [5, 5.41) is 0. The summed E-state index contributed by atoms with van der Waals surface area (Å²) in [5.74, 6) is -0.471.